The molecule has 0 fully saturated rings. The lowest BCUT2D eigenvalue weighted by Gasteiger charge is -2.43. The van der Waals surface area contributed by atoms with Crippen molar-refractivity contribution in [2.45, 2.75) is 65.2 Å². The molecule has 2 unspecified atom stereocenters. The second kappa shape index (κ2) is 9.95. The number of nitrogens with zero attached hydrogens (tertiary/aromatic N) is 1. The number of carbonyl (C=O) groups is 1. The maximum atomic E-state index is 12.3. The first-order chi connectivity index (χ1) is 14.4. The van der Waals surface area contributed by atoms with Crippen molar-refractivity contribution in [3.8, 4) is 0 Å². The zero-order valence-electron chi connectivity index (χ0n) is 19.7. The smallest absolute Gasteiger partial charge is 0.330 e. The molecule has 7 nitrogen and oxygen atoms in total. The van der Waals surface area contributed by atoms with E-state index in [0.29, 0.717) is 25.6 Å². The van der Waals surface area contributed by atoms with Gasteiger partial charge in [-0.25, -0.2) is 9.59 Å². The number of carbonyl (C=O) groups excluding carboxylic acids is 1. The van der Waals surface area contributed by atoms with Gasteiger partial charge in [0.2, 0.25) is 0 Å². The Labute approximate surface area is 185 Å². The normalized spacial score (nSPS) is 19.8. The minimum atomic E-state index is -2.03. The number of allylic oxidation sites excluding steroid dienone is 2. The van der Waals surface area contributed by atoms with E-state index in [1.807, 2.05) is 6.08 Å². The predicted molar refractivity (Wildman–Crippen MR) is 125 cm³/mol. The average molecular weight is 449 g/mol. The summed E-state index contributed by atoms with van der Waals surface area (Å²) in [5, 5.41) is 0.0888. The number of H-pyrrole nitrogens is 1. The standard InChI is InChI=1S/C23H36N2O5Si/c1-8-29-21(27)10-9-17-13-19(25-12-11-20(26)24-22(25)28)14-18(17)15-30-31(6,7)23(4,5)16(2)3/h9-13,16,18-19H,8,14-15H2,1-7H3,(H,24,26,28). The molecule has 0 aromatic carbocycles. The molecule has 1 aromatic heterocycles. The number of rotatable bonds is 9. The van der Waals surface area contributed by atoms with Gasteiger partial charge in [-0.15, -0.1) is 0 Å². The Morgan fingerprint density at radius 2 is 2.03 bits per heavy atom. The van der Waals surface area contributed by atoms with Gasteiger partial charge in [0.15, 0.2) is 8.32 Å². The number of nitrogens with one attached hydrogen (secondary N) is 1. The molecule has 172 valence electrons. The Hall–Kier alpha value is -2.19. The molecule has 0 spiro atoms. The summed E-state index contributed by atoms with van der Waals surface area (Å²) in [6, 6.07) is 1.12. The van der Waals surface area contributed by atoms with Gasteiger partial charge in [-0.2, -0.15) is 0 Å². The molecule has 0 amide bonds. The average Bonchev–Trinajstić information content (AvgIpc) is 3.07. The number of aromatic amines is 1. The Morgan fingerprint density at radius 1 is 1.35 bits per heavy atom. The largest absolute Gasteiger partial charge is 0.463 e. The van der Waals surface area contributed by atoms with Crippen LogP contribution in [0.4, 0.5) is 0 Å². The second-order valence-electron chi connectivity index (χ2n) is 9.47. The summed E-state index contributed by atoms with van der Waals surface area (Å²) in [5.74, 6) is 0.122. The molecule has 8 heteroatoms. The fourth-order valence-electron chi connectivity index (χ4n) is 3.64. The Bertz CT molecular complexity index is 955. The van der Waals surface area contributed by atoms with Crippen molar-refractivity contribution in [3.63, 3.8) is 0 Å². The van der Waals surface area contributed by atoms with Crippen LogP contribution in [0.15, 0.2) is 45.7 Å². The zero-order valence-corrected chi connectivity index (χ0v) is 20.7. The first kappa shape index (κ1) is 25.1. The topological polar surface area (TPSA) is 90.4 Å². The lowest BCUT2D eigenvalue weighted by atomic mass is 9.99. The molecule has 1 heterocycles. The number of hydrogen-bond acceptors (Lipinski definition) is 5. The molecule has 0 bridgehead atoms. The predicted octanol–water partition coefficient (Wildman–Crippen LogP) is 3.80. The van der Waals surface area contributed by atoms with Gasteiger partial charge in [0, 0.05) is 30.9 Å². The van der Waals surface area contributed by atoms with Crippen LogP contribution in [0, 0.1) is 11.8 Å². The van der Waals surface area contributed by atoms with Crippen molar-refractivity contribution in [1.29, 1.82) is 0 Å². The van der Waals surface area contributed by atoms with E-state index in [0.717, 1.165) is 5.57 Å². The summed E-state index contributed by atoms with van der Waals surface area (Å²) in [5.41, 5.74) is 0.0669. The highest BCUT2D eigenvalue weighted by Gasteiger charge is 2.44. The van der Waals surface area contributed by atoms with Gasteiger partial charge in [-0.1, -0.05) is 39.8 Å². The Kier molecular flexibility index (Phi) is 8.05. The maximum Gasteiger partial charge on any atom is 0.330 e. The minimum Gasteiger partial charge on any atom is -0.463 e. The molecule has 1 aliphatic rings. The molecule has 0 radical (unpaired) electrons. The van der Waals surface area contributed by atoms with E-state index < -0.39 is 25.5 Å². The summed E-state index contributed by atoms with van der Waals surface area (Å²) in [6.07, 6.45) is 7.30. The van der Waals surface area contributed by atoms with E-state index in [1.165, 1.54) is 22.9 Å². The van der Waals surface area contributed by atoms with Crippen molar-refractivity contribution >= 4 is 14.3 Å². The van der Waals surface area contributed by atoms with Crippen molar-refractivity contribution in [1.82, 2.24) is 9.55 Å². The summed E-state index contributed by atoms with van der Waals surface area (Å²) in [7, 11) is -2.03. The number of aromatic nitrogens is 2. The lowest BCUT2D eigenvalue weighted by Crippen LogP contribution is -2.46. The maximum absolute atomic E-state index is 12.3. The minimum absolute atomic E-state index is 0.0317. The van der Waals surface area contributed by atoms with Crippen LogP contribution in [-0.4, -0.2) is 37.1 Å². The Morgan fingerprint density at radius 3 is 2.61 bits per heavy atom. The number of esters is 1. The molecular formula is C23H36N2O5Si. The third-order valence-corrected chi connectivity index (χ3v) is 11.5. The third kappa shape index (κ3) is 5.95. The fraction of sp³-hybridized carbons (Fsp3) is 0.609. The summed E-state index contributed by atoms with van der Waals surface area (Å²) < 4.78 is 13.1. The highest BCUT2D eigenvalue weighted by atomic mass is 28.4. The van der Waals surface area contributed by atoms with Crippen LogP contribution in [0.3, 0.4) is 0 Å². The van der Waals surface area contributed by atoms with Gasteiger partial charge in [-0.3, -0.25) is 14.3 Å². The van der Waals surface area contributed by atoms with Crippen LogP contribution >= 0.6 is 0 Å². The van der Waals surface area contributed by atoms with Crippen molar-refractivity contribution < 1.29 is 14.0 Å². The second-order valence-corrected chi connectivity index (χ2v) is 14.1. The lowest BCUT2D eigenvalue weighted by molar-refractivity contribution is -0.137. The van der Waals surface area contributed by atoms with E-state index in [4.69, 9.17) is 9.16 Å². The SMILES string of the molecule is CCOC(=O)C=CC1=CC(n2ccc(=O)[nH]c2=O)CC1CO[Si](C)(C)C(C)(C)C(C)C. The van der Waals surface area contributed by atoms with Crippen molar-refractivity contribution in [2.75, 3.05) is 13.2 Å². The van der Waals surface area contributed by atoms with Gasteiger partial charge in [-0.05, 0) is 43.0 Å². The highest BCUT2D eigenvalue weighted by Crippen LogP contribution is 2.45. The molecule has 0 saturated heterocycles. The molecule has 1 N–H and O–H groups in total. The van der Waals surface area contributed by atoms with Crippen LogP contribution in [-0.2, 0) is 14.0 Å². The molecule has 1 aromatic rings. The van der Waals surface area contributed by atoms with Gasteiger partial charge in [0.1, 0.15) is 0 Å². The van der Waals surface area contributed by atoms with Crippen LogP contribution in [0.2, 0.25) is 18.1 Å². The number of ether oxygens (including phenoxy) is 1. The van der Waals surface area contributed by atoms with E-state index in [-0.39, 0.29) is 17.0 Å². The zero-order chi connectivity index (χ0) is 23.4. The van der Waals surface area contributed by atoms with E-state index in [9.17, 15) is 14.4 Å². The first-order valence-corrected chi connectivity index (χ1v) is 13.8. The van der Waals surface area contributed by atoms with Crippen LogP contribution in [0.1, 0.15) is 47.1 Å². The van der Waals surface area contributed by atoms with Crippen LogP contribution < -0.4 is 11.2 Å². The Balaban J connectivity index is 2.27. The molecule has 1 aliphatic carbocycles. The van der Waals surface area contributed by atoms with Gasteiger partial charge in [0.25, 0.3) is 5.56 Å². The molecule has 31 heavy (non-hydrogen) atoms. The van der Waals surface area contributed by atoms with Gasteiger partial charge in [0.05, 0.1) is 12.6 Å². The monoisotopic (exact) mass is 448 g/mol. The van der Waals surface area contributed by atoms with E-state index in [1.54, 1.807) is 13.0 Å². The molecule has 2 rings (SSSR count). The number of hydrogen-bond donors (Lipinski definition) is 1. The first-order valence-electron chi connectivity index (χ1n) is 10.9. The molecular weight excluding hydrogens is 412 g/mol. The highest BCUT2D eigenvalue weighted by molar-refractivity contribution is 6.74. The van der Waals surface area contributed by atoms with Crippen LogP contribution in [0.25, 0.3) is 0 Å². The van der Waals surface area contributed by atoms with E-state index >= 15 is 0 Å². The molecule has 0 aliphatic heterocycles. The quantitative estimate of drug-likeness (QED) is 0.352. The third-order valence-electron chi connectivity index (χ3n) is 6.93. The summed E-state index contributed by atoms with van der Waals surface area (Å²) >= 11 is 0. The molecule has 2 atom stereocenters. The van der Waals surface area contributed by atoms with Crippen LogP contribution in [0.5, 0.6) is 0 Å². The summed E-state index contributed by atoms with van der Waals surface area (Å²) in [4.78, 5) is 37.8. The fourth-order valence-corrected chi connectivity index (χ4v) is 6.02. The summed E-state index contributed by atoms with van der Waals surface area (Å²) in [6.45, 7) is 16.0. The van der Waals surface area contributed by atoms with Gasteiger partial charge >= 0.3 is 11.7 Å². The van der Waals surface area contributed by atoms with E-state index in [2.05, 4.69) is 45.8 Å². The molecule has 0 saturated carbocycles. The van der Waals surface area contributed by atoms with Crippen molar-refractivity contribution in [3.05, 3.63) is 56.9 Å². The van der Waals surface area contributed by atoms with Gasteiger partial charge < -0.3 is 9.16 Å². The van der Waals surface area contributed by atoms with Crippen molar-refractivity contribution in [2.24, 2.45) is 11.8 Å².